The largest absolute Gasteiger partial charge is 0.482 e. The van der Waals surface area contributed by atoms with Gasteiger partial charge in [0.2, 0.25) is 0 Å². The van der Waals surface area contributed by atoms with Gasteiger partial charge in [-0.1, -0.05) is 12.1 Å². The molecule has 2 rings (SSSR count). The monoisotopic (exact) mass is 139 g/mol. The highest BCUT2D eigenvalue weighted by Crippen LogP contribution is 2.34. The van der Waals surface area contributed by atoms with Crippen molar-refractivity contribution in [2.45, 2.75) is 0 Å². The lowest BCUT2D eigenvalue weighted by molar-refractivity contribution is 0.448. The maximum atomic E-state index is 12.0. The third kappa shape index (κ3) is 1.03. The minimum Gasteiger partial charge on any atom is -0.429 e. The summed E-state index contributed by atoms with van der Waals surface area (Å²) in [4.78, 5) is 0. The van der Waals surface area contributed by atoms with Gasteiger partial charge in [-0.05, 0) is 11.6 Å². The van der Waals surface area contributed by atoms with Gasteiger partial charge >= 0.3 is 7.69 Å². The van der Waals surface area contributed by atoms with Gasteiger partial charge < -0.3 is 10.0 Å². The highest BCUT2D eigenvalue weighted by molar-refractivity contribution is 6.13. The molecule has 51 valence electrons. The smallest absolute Gasteiger partial charge is 0.429 e. The molecule has 0 aromatic rings. The predicted octanol–water partition coefficient (Wildman–Crippen LogP) is 0.311. The van der Waals surface area contributed by atoms with Crippen LogP contribution in [0.5, 0.6) is 0 Å². The second-order valence-electron chi connectivity index (χ2n) is 1.81. The number of hydrogen-bond acceptors (Lipinski definition) is 2. The van der Waals surface area contributed by atoms with E-state index in [1.807, 2.05) is 6.07 Å². The van der Waals surface area contributed by atoms with Crippen LogP contribution in [-0.2, 0) is 0 Å². The van der Waals surface area contributed by atoms with Gasteiger partial charge in [0.05, 0.1) is 0 Å². The highest BCUT2D eigenvalue weighted by atomic mass is 19.1. The molecule has 0 saturated heterocycles. The van der Waals surface area contributed by atoms with Gasteiger partial charge in [-0.3, -0.25) is 0 Å². The summed E-state index contributed by atoms with van der Waals surface area (Å²) in [6, 6.07) is 5.22. The van der Waals surface area contributed by atoms with Gasteiger partial charge in [-0.15, -0.1) is 0 Å². The van der Waals surface area contributed by atoms with Crippen LogP contribution in [-0.4, -0.2) is 17.7 Å². The molecule has 1 radical (unpaired) electrons. The van der Waals surface area contributed by atoms with Crippen LogP contribution >= 0.6 is 0 Å². The van der Waals surface area contributed by atoms with Crippen molar-refractivity contribution >= 4 is 7.69 Å². The van der Waals surface area contributed by atoms with Gasteiger partial charge in [0.1, 0.15) is 5.82 Å². The van der Waals surface area contributed by atoms with E-state index >= 15 is 0 Å². The van der Waals surface area contributed by atoms with Crippen LogP contribution in [0.2, 0.25) is 0 Å². The molecule has 0 spiro atoms. The van der Waals surface area contributed by atoms with E-state index in [1.165, 1.54) is 6.07 Å². The summed E-state index contributed by atoms with van der Waals surface area (Å²) in [5.74, 6) is -0.0579. The van der Waals surface area contributed by atoms with E-state index < -0.39 is 0 Å². The normalized spacial score (nSPS) is 9.50. The number of fused-ring (bicyclic) bond motifs is 1. The molecular weight excluding hydrogens is 134 g/mol. The number of rotatable bonds is 0. The molecule has 0 fully saturated rings. The van der Waals surface area contributed by atoms with E-state index in [0.717, 1.165) is 11.1 Å². The topological polar surface area (TPSA) is 40.5 Å². The first-order valence-electron chi connectivity index (χ1n) is 2.69. The molecule has 2 aliphatic rings. The first-order valence-corrected chi connectivity index (χ1v) is 2.69. The lowest BCUT2D eigenvalue weighted by Gasteiger charge is -2.13. The molecule has 0 aromatic carbocycles. The maximum Gasteiger partial charge on any atom is 0.482 e. The van der Waals surface area contributed by atoms with E-state index in [1.54, 1.807) is 6.07 Å². The van der Waals surface area contributed by atoms with Gasteiger partial charge in [-0.25, -0.2) is 4.39 Å². The van der Waals surface area contributed by atoms with E-state index in [9.17, 15) is 4.39 Å². The van der Waals surface area contributed by atoms with E-state index in [0.29, 0.717) is 0 Å². The molecule has 10 heavy (non-hydrogen) atoms. The molecule has 2 nitrogen and oxygen atoms in total. The SMILES string of the molecule is Fc1cc2ccc1-2.O[B]O. The van der Waals surface area contributed by atoms with Gasteiger partial charge in [0.15, 0.2) is 0 Å². The summed E-state index contributed by atoms with van der Waals surface area (Å²) in [6.07, 6.45) is 0. The Kier molecular flexibility index (Phi) is 2.04. The van der Waals surface area contributed by atoms with Crippen LogP contribution in [0.25, 0.3) is 11.1 Å². The lowest BCUT2D eigenvalue weighted by Crippen LogP contribution is -1.94. The Balaban J connectivity index is 0.000000148. The number of hydrogen-bond donors (Lipinski definition) is 2. The number of halogens is 1. The van der Waals surface area contributed by atoms with Gasteiger partial charge in [0, 0.05) is 5.56 Å². The van der Waals surface area contributed by atoms with Crippen molar-refractivity contribution in [2.24, 2.45) is 0 Å². The summed E-state index contributed by atoms with van der Waals surface area (Å²) in [5, 5.41) is 14.0. The molecule has 0 heterocycles. The van der Waals surface area contributed by atoms with Crippen molar-refractivity contribution in [3.05, 3.63) is 24.0 Å². The standard InChI is InChI=1S/C6H3F.BH2O2/c7-6-3-4-1-2-5(4)6;2-1-3/h1-3H;2-3H. The fourth-order valence-electron chi connectivity index (χ4n) is 0.743. The van der Waals surface area contributed by atoms with Crippen molar-refractivity contribution < 1.29 is 14.4 Å². The first kappa shape index (κ1) is 7.24. The predicted molar refractivity (Wildman–Crippen MR) is 35.6 cm³/mol. The Morgan fingerprint density at radius 2 is 1.90 bits per heavy atom. The van der Waals surface area contributed by atoms with Crippen molar-refractivity contribution in [3.8, 4) is 11.1 Å². The average Bonchev–Trinajstić information content (AvgIpc) is 1.84. The zero-order chi connectivity index (χ0) is 7.56. The van der Waals surface area contributed by atoms with E-state index in [2.05, 4.69) is 0 Å². The first-order chi connectivity index (χ1) is 4.79. The fourth-order valence-corrected chi connectivity index (χ4v) is 0.743. The summed E-state index contributed by atoms with van der Waals surface area (Å²) < 4.78 is 12.0. The zero-order valence-corrected chi connectivity index (χ0v) is 5.08. The molecular formula is C6H5BFO2. The Bertz CT molecular complexity index is 239. The Labute approximate surface area is 58.2 Å². The average molecular weight is 139 g/mol. The lowest BCUT2D eigenvalue weighted by atomic mass is 9.93. The van der Waals surface area contributed by atoms with E-state index in [4.69, 9.17) is 10.0 Å². The molecule has 0 atom stereocenters. The van der Waals surface area contributed by atoms with Crippen LogP contribution in [0, 0.1) is 5.82 Å². The fraction of sp³-hybridized carbons (Fsp3) is 0. The third-order valence-electron chi connectivity index (χ3n) is 1.28. The molecule has 2 aliphatic carbocycles. The maximum absolute atomic E-state index is 12.0. The third-order valence-corrected chi connectivity index (χ3v) is 1.28. The molecule has 0 saturated carbocycles. The zero-order valence-electron chi connectivity index (χ0n) is 5.08. The van der Waals surface area contributed by atoms with E-state index in [-0.39, 0.29) is 13.5 Å². The molecule has 0 bridgehead atoms. The molecule has 0 aromatic heterocycles. The van der Waals surface area contributed by atoms with Crippen LogP contribution in [0.15, 0.2) is 18.2 Å². The Morgan fingerprint density at radius 1 is 1.30 bits per heavy atom. The number of benzene rings is 1. The second-order valence-corrected chi connectivity index (χ2v) is 1.81. The molecule has 0 amide bonds. The Morgan fingerprint density at radius 3 is 1.90 bits per heavy atom. The Hall–Kier alpha value is -0.865. The minimum atomic E-state index is -0.0579. The summed E-state index contributed by atoms with van der Waals surface area (Å²) in [5.41, 5.74) is 1.87. The summed E-state index contributed by atoms with van der Waals surface area (Å²) in [6.45, 7) is 0. The van der Waals surface area contributed by atoms with Crippen LogP contribution in [0.1, 0.15) is 0 Å². The minimum absolute atomic E-state index is 0. The molecule has 0 aliphatic heterocycles. The van der Waals surface area contributed by atoms with Crippen molar-refractivity contribution in [2.75, 3.05) is 0 Å². The van der Waals surface area contributed by atoms with Gasteiger partial charge in [-0.2, -0.15) is 0 Å². The highest BCUT2D eigenvalue weighted by Gasteiger charge is 2.14. The molecule has 0 unspecified atom stereocenters. The van der Waals surface area contributed by atoms with Crippen molar-refractivity contribution in [3.63, 3.8) is 0 Å². The van der Waals surface area contributed by atoms with Gasteiger partial charge in [0.25, 0.3) is 0 Å². The summed E-state index contributed by atoms with van der Waals surface area (Å²) >= 11 is 0. The quantitative estimate of drug-likeness (QED) is 0.515. The summed E-state index contributed by atoms with van der Waals surface area (Å²) in [7, 11) is 0. The second kappa shape index (κ2) is 2.81. The van der Waals surface area contributed by atoms with Crippen LogP contribution in [0.4, 0.5) is 4.39 Å². The molecule has 2 N–H and O–H groups in total. The van der Waals surface area contributed by atoms with Crippen molar-refractivity contribution in [1.82, 2.24) is 0 Å². The molecule has 4 heteroatoms. The van der Waals surface area contributed by atoms with Crippen LogP contribution in [0.3, 0.4) is 0 Å². The van der Waals surface area contributed by atoms with Crippen molar-refractivity contribution in [1.29, 1.82) is 0 Å². The van der Waals surface area contributed by atoms with Crippen LogP contribution < -0.4 is 0 Å².